The van der Waals surface area contributed by atoms with Crippen LogP contribution in [0.2, 0.25) is 0 Å². The molecule has 2 aromatic heterocycles. The van der Waals surface area contributed by atoms with Crippen molar-refractivity contribution in [1.29, 1.82) is 0 Å². The highest BCUT2D eigenvalue weighted by atomic mass is 19.4. The minimum atomic E-state index is -4.34. The van der Waals surface area contributed by atoms with Gasteiger partial charge in [-0.05, 0) is 73.1 Å². The summed E-state index contributed by atoms with van der Waals surface area (Å²) in [5, 5.41) is 7.77. The summed E-state index contributed by atoms with van der Waals surface area (Å²) < 4.78 is 39.2. The van der Waals surface area contributed by atoms with Crippen molar-refractivity contribution >= 4 is 34.7 Å². The Morgan fingerprint density at radius 3 is 2.48 bits per heavy atom. The van der Waals surface area contributed by atoms with Gasteiger partial charge in [0, 0.05) is 55.6 Å². The second-order valence-electron chi connectivity index (χ2n) is 11.8. The van der Waals surface area contributed by atoms with Crippen LogP contribution in [0.3, 0.4) is 0 Å². The zero-order chi connectivity index (χ0) is 29.3. The van der Waals surface area contributed by atoms with E-state index < -0.39 is 24.9 Å². The number of hydrogen-bond acceptors (Lipinski definition) is 5. The Hall–Kier alpha value is -3.89. The van der Waals surface area contributed by atoms with Crippen molar-refractivity contribution in [3.05, 3.63) is 59.8 Å². The molecule has 1 aliphatic carbocycles. The van der Waals surface area contributed by atoms with E-state index in [-0.39, 0.29) is 12.5 Å². The molecular formula is C31H35F3N6O2. The molecule has 1 spiro atoms. The highest BCUT2D eigenvalue weighted by Crippen LogP contribution is 2.44. The topological polar surface area (TPSA) is 82.8 Å². The van der Waals surface area contributed by atoms with Gasteiger partial charge in [0.05, 0.1) is 6.42 Å². The number of carbonyl (C=O) groups is 2. The Morgan fingerprint density at radius 1 is 0.976 bits per heavy atom. The van der Waals surface area contributed by atoms with E-state index in [0.717, 1.165) is 36.3 Å². The van der Waals surface area contributed by atoms with Gasteiger partial charge in [-0.15, -0.1) is 5.10 Å². The molecule has 2 amide bonds. The fraction of sp³-hybridized carbons (Fsp3) is 0.484. The van der Waals surface area contributed by atoms with Crippen LogP contribution in [-0.4, -0.2) is 68.6 Å². The molecule has 8 nitrogen and oxygen atoms in total. The first-order valence-corrected chi connectivity index (χ1v) is 14.7. The van der Waals surface area contributed by atoms with Crippen LogP contribution in [0.4, 0.5) is 24.8 Å². The van der Waals surface area contributed by atoms with E-state index >= 15 is 0 Å². The highest BCUT2D eigenvalue weighted by molar-refractivity contribution is 5.95. The third kappa shape index (κ3) is 6.15. The van der Waals surface area contributed by atoms with Gasteiger partial charge in [-0.25, -0.2) is 4.52 Å². The quantitative estimate of drug-likeness (QED) is 0.374. The van der Waals surface area contributed by atoms with E-state index in [4.69, 9.17) is 0 Å². The van der Waals surface area contributed by atoms with Crippen molar-refractivity contribution in [1.82, 2.24) is 24.4 Å². The van der Waals surface area contributed by atoms with Gasteiger partial charge in [-0.1, -0.05) is 25.3 Å². The lowest BCUT2D eigenvalue weighted by Gasteiger charge is -2.33. The number of rotatable bonds is 6. The molecule has 0 atom stereocenters. The fourth-order valence-electron chi connectivity index (χ4n) is 6.58. The van der Waals surface area contributed by atoms with Crippen LogP contribution < -0.4 is 5.32 Å². The van der Waals surface area contributed by atoms with Gasteiger partial charge in [0.15, 0.2) is 5.65 Å². The molecule has 1 saturated carbocycles. The minimum Gasteiger partial charge on any atom is -0.339 e. The van der Waals surface area contributed by atoms with E-state index in [2.05, 4.69) is 15.4 Å². The molecular weight excluding hydrogens is 545 g/mol. The van der Waals surface area contributed by atoms with Crippen LogP contribution in [0.15, 0.2) is 48.7 Å². The molecule has 11 heteroatoms. The van der Waals surface area contributed by atoms with Gasteiger partial charge >= 0.3 is 6.18 Å². The SMILES string of the molecule is O=C(CCC(F)(F)F)N1CC=C(c2cccn3nc(Nc4ccc(C(=O)N5CCC6(CCCCC6)C5)cc4)nc23)CC1. The molecule has 1 aromatic carbocycles. The summed E-state index contributed by atoms with van der Waals surface area (Å²) in [6.07, 6.45) is 5.62. The second-order valence-corrected chi connectivity index (χ2v) is 11.8. The first-order valence-electron chi connectivity index (χ1n) is 14.7. The predicted molar refractivity (Wildman–Crippen MR) is 153 cm³/mol. The Bertz CT molecular complexity index is 1490. The maximum Gasteiger partial charge on any atom is 0.389 e. The zero-order valence-electron chi connectivity index (χ0n) is 23.5. The zero-order valence-corrected chi connectivity index (χ0v) is 23.5. The first kappa shape index (κ1) is 28.2. The summed E-state index contributed by atoms with van der Waals surface area (Å²) in [6.45, 7) is 2.31. The molecule has 0 unspecified atom stereocenters. The van der Waals surface area contributed by atoms with Crippen LogP contribution in [0, 0.1) is 5.41 Å². The summed E-state index contributed by atoms with van der Waals surface area (Å²) in [7, 11) is 0. The largest absolute Gasteiger partial charge is 0.389 e. The average Bonchev–Trinajstić information content (AvgIpc) is 3.60. The number of carbonyl (C=O) groups excluding carboxylic acids is 2. The van der Waals surface area contributed by atoms with Crippen molar-refractivity contribution in [3.63, 3.8) is 0 Å². The molecule has 0 bridgehead atoms. The van der Waals surface area contributed by atoms with E-state index in [0.29, 0.717) is 35.5 Å². The molecule has 2 fully saturated rings. The molecule has 222 valence electrons. The number of anilines is 2. The summed E-state index contributed by atoms with van der Waals surface area (Å²) in [5.41, 5.74) is 4.24. The number of amides is 2. The number of aromatic nitrogens is 3. The average molecular weight is 581 g/mol. The number of nitrogens with one attached hydrogen (secondary N) is 1. The third-order valence-corrected chi connectivity index (χ3v) is 8.92. The maximum absolute atomic E-state index is 13.2. The van der Waals surface area contributed by atoms with Gasteiger partial charge < -0.3 is 15.1 Å². The Morgan fingerprint density at radius 2 is 1.76 bits per heavy atom. The number of nitrogens with zero attached hydrogens (tertiary/aromatic N) is 5. The number of halogens is 3. The van der Waals surface area contributed by atoms with E-state index in [1.165, 1.54) is 37.0 Å². The molecule has 3 aromatic rings. The van der Waals surface area contributed by atoms with Gasteiger partial charge in [-0.3, -0.25) is 9.59 Å². The van der Waals surface area contributed by atoms with Crippen molar-refractivity contribution < 1.29 is 22.8 Å². The molecule has 1 N–H and O–H groups in total. The number of alkyl halides is 3. The van der Waals surface area contributed by atoms with Crippen molar-refractivity contribution in [2.75, 3.05) is 31.5 Å². The lowest BCUT2D eigenvalue weighted by Crippen LogP contribution is -2.35. The number of likely N-dealkylation sites (tertiary alicyclic amines) is 1. The van der Waals surface area contributed by atoms with Gasteiger partial charge in [-0.2, -0.15) is 18.2 Å². The van der Waals surface area contributed by atoms with Crippen molar-refractivity contribution in [2.24, 2.45) is 5.41 Å². The van der Waals surface area contributed by atoms with Crippen LogP contribution >= 0.6 is 0 Å². The van der Waals surface area contributed by atoms with E-state index in [9.17, 15) is 22.8 Å². The Kier molecular flexibility index (Phi) is 7.67. The van der Waals surface area contributed by atoms with Gasteiger partial charge in [0.1, 0.15) is 0 Å². The van der Waals surface area contributed by atoms with E-state index in [1.807, 2.05) is 47.4 Å². The van der Waals surface area contributed by atoms with E-state index in [1.54, 1.807) is 10.7 Å². The number of pyridine rings is 1. The summed E-state index contributed by atoms with van der Waals surface area (Å²) in [4.78, 5) is 33.5. The van der Waals surface area contributed by atoms with Crippen molar-refractivity contribution in [3.8, 4) is 0 Å². The molecule has 6 rings (SSSR count). The smallest absolute Gasteiger partial charge is 0.339 e. The van der Waals surface area contributed by atoms with Crippen LogP contribution in [0.1, 0.15) is 73.7 Å². The lowest BCUT2D eigenvalue weighted by molar-refractivity contribution is -0.148. The molecule has 2 aliphatic heterocycles. The third-order valence-electron chi connectivity index (χ3n) is 8.92. The minimum absolute atomic E-state index is 0.0841. The Labute approximate surface area is 242 Å². The monoisotopic (exact) mass is 580 g/mol. The first-order chi connectivity index (χ1) is 20.2. The normalized spacial score (nSPS) is 18.9. The predicted octanol–water partition coefficient (Wildman–Crippen LogP) is 6.23. The van der Waals surface area contributed by atoms with Crippen LogP contribution in [0.25, 0.3) is 11.2 Å². The molecule has 42 heavy (non-hydrogen) atoms. The van der Waals surface area contributed by atoms with Gasteiger partial charge in [0.2, 0.25) is 11.9 Å². The van der Waals surface area contributed by atoms with Crippen LogP contribution in [-0.2, 0) is 4.79 Å². The number of fused-ring (bicyclic) bond motifs is 1. The molecule has 4 heterocycles. The number of hydrogen-bond donors (Lipinski definition) is 1. The lowest BCUT2D eigenvalue weighted by atomic mass is 9.73. The second kappa shape index (κ2) is 11.4. The number of benzene rings is 1. The van der Waals surface area contributed by atoms with Crippen LogP contribution in [0.5, 0.6) is 0 Å². The molecule has 3 aliphatic rings. The summed E-state index contributed by atoms with van der Waals surface area (Å²) >= 11 is 0. The fourth-order valence-corrected chi connectivity index (χ4v) is 6.58. The standard InChI is InChI=1S/C31H35F3N6O2/c32-31(33,34)15-10-26(41)38-18-11-22(12-19-38)25-5-4-17-40-27(25)36-29(37-40)35-24-8-6-23(7-9-24)28(42)39-20-16-30(21-39)13-2-1-3-14-30/h4-9,11,17H,1-3,10,12-16,18-21H2,(H,35,37). The van der Waals surface area contributed by atoms with Gasteiger partial charge in [0.25, 0.3) is 5.91 Å². The molecule has 0 radical (unpaired) electrons. The highest BCUT2D eigenvalue weighted by Gasteiger charge is 2.40. The maximum atomic E-state index is 13.2. The Balaban J connectivity index is 1.10. The summed E-state index contributed by atoms with van der Waals surface area (Å²) in [5.74, 6) is -0.00220. The molecule has 1 saturated heterocycles. The van der Waals surface area contributed by atoms with Crippen molar-refractivity contribution in [2.45, 2.75) is 64.0 Å². The summed E-state index contributed by atoms with van der Waals surface area (Å²) in [6, 6.07) is 11.2.